The van der Waals surface area contributed by atoms with Gasteiger partial charge in [-0.1, -0.05) is 0 Å². The SMILES string of the molecule is COCCCNCC(C)Oc1cc(Br)c(OC)cc1Br. The maximum atomic E-state index is 5.91. The number of halogens is 2. The molecule has 4 nitrogen and oxygen atoms in total. The Balaban J connectivity index is 2.45. The first-order valence-electron chi connectivity index (χ1n) is 6.47. The number of hydrogen-bond acceptors (Lipinski definition) is 4. The van der Waals surface area contributed by atoms with Crippen LogP contribution in [0.2, 0.25) is 0 Å². The van der Waals surface area contributed by atoms with Crippen LogP contribution in [-0.2, 0) is 4.74 Å². The van der Waals surface area contributed by atoms with Gasteiger partial charge in [-0.2, -0.15) is 0 Å². The highest BCUT2D eigenvalue weighted by atomic mass is 79.9. The number of benzene rings is 1. The van der Waals surface area contributed by atoms with E-state index in [2.05, 4.69) is 37.2 Å². The van der Waals surface area contributed by atoms with E-state index in [4.69, 9.17) is 14.2 Å². The quantitative estimate of drug-likeness (QED) is 0.631. The summed E-state index contributed by atoms with van der Waals surface area (Å²) in [4.78, 5) is 0. The van der Waals surface area contributed by atoms with Crippen molar-refractivity contribution in [1.82, 2.24) is 5.32 Å². The van der Waals surface area contributed by atoms with Crippen molar-refractivity contribution in [3.8, 4) is 11.5 Å². The Hall–Kier alpha value is -0.300. The third kappa shape index (κ3) is 5.99. The van der Waals surface area contributed by atoms with Crippen molar-refractivity contribution in [1.29, 1.82) is 0 Å². The molecule has 1 N–H and O–H groups in total. The maximum Gasteiger partial charge on any atom is 0.135 e. The molecule has 0 radical (unpaired) electrons. The van der Waals surface area contributed by atoms with Gasteiger partial charge >= 0.3 is 0 Å². The van der Waals surface area contributed by atoms with E-state index >= 15 is 0 Å². The van der Waals surface area contributed by atoms with Crippen LogP contribution >= 0.6 is 31.9 Å². The first-order chi connectivity index (χ1) is 9.58. The first kappa shape index (κ1) is 17.8. The van der Waals surface area contributed by atoms with Crippen molar-refractivity contribution in [3.05, 3.63) is 21.1 Å². The van der Waals surface area contributed by atoms with E-state index in [-0.39, 0.29) is 6.10 Å². The lowest BCUT2D eigenvalue weighted by Crippen LogP contribution is -2.30. The van der Waals surface area contributed by atoms with Gasteiger partial charge in [0.05, 0.1) is 16.1 Å². The van der Waals surface area contributed by atoms with Gasteiger partial charge in [-0.05, 0) is 63.9 Å². The fourth-order valence-electron chi connectivity index (χ4n) is 1.66. The zero-order valence-electron chi connectivity index (χ0n) is 12.0. The number of ether oxygens (including phenoxy) is 3. The molecule has 0 aliphatic heterocycles. The van der Waals surface area contributed by atoms with Crippen molar-refractivity contribution >= 4 is 31.9 Å². The summed E-state index contributed by atoms with van der Waals surface area (Å²) in [6.45, 7) is 4.53. The third-order valence-electron chi connectivity index (χ3n) is 2.67. The largest absolute Gasteiger partial charge is 0.496 e. The van der Waals surface area contributed by atoms with Gasteiger partial charge < -0.3 is 19.5 Å². The monoisotopic (exact) mass is 409 g/mol. The van der Waals surface area contributed by atoms with E-state index < -0.39 is 0 Å². The number of nitrogens with one attached hydrogen (secondary N) is 1. The van der Waals surface area contributed by atoms with Crippen molar-refractivity contribution in [2.24, 2.45) is 0 Å². The van der Waals surface area contributed by atoms with Crippen LogP contribution in [0.25, 0.3) is 0 Å². The van der Waals surface area contributed by atoms with Gasteiger partial charge in [-0.3, -0.25) is 0 Å². The molecule has 0 heterocycles. The molecule has 0 aliphatic carbocycles. The summed E-state index contributed by atoms with van der Waals surface area (Å²) in [6, 6.07) is 3.79. The van der Waals surface area contributed by atoms with Gasteiger partial charge in [0.2, 0.25) is 0 Å². The number of methoxy groups -OCH3 is 2. The van der Waals surface area contributed by atoms with E-state index in [0.29, 0.717) is 0 Å². The van der Waals surface area contributed by atoms with E-state index in [9.17, 15) is 0 Å². The zero-order valence-corrected chi connectivity index (χ0v) is 15.2. The predicted molar refractivity (Wildman–Crippen MR) is 87.8 cm³/mol. The second kappa shape index (κ2) is 9.60. The summed E-state index contributed by atoms with van der Waals surface area (Å²) in [5.74, 6) is 1.57. The molecule has 0 saturated heterocycles. The minimum atomic E-state index is 0.0779. The highest BCUT2D eigenvalue weighted by Crippen LogP contribution is 2.36. The van der Waals surface area contributed by atoms with Gasteiger partial charge in [0.15, 0.2) is 0 Å². The fourth-order valence-corrected chi connectivity index (χ4v) is 2.56. The Morgan fingerprint density at radius 2 is 1.80 bits per heavy atom. The summed E-state index contributed by atoms with van der Waals surface area (Å²) in [5, 5.41) is 3.34. The number of hydrogen-bond donors (Lipinski definition) is 1. The van der Waals surface area contributed by atoms with Crippen LogP contribution in [0.15, 0.2) is 21.1 Å². The standard InChI is InChI=1S/C14H21Br2NO3/c1-10(9-17-5-4-6-18-2)20-14-8-11(15)13(19-3)7-12(14)16/h7-8,10,17H,4-6,9H2,1-3H3. The Labute approximate surface area is 137 Å². The third-order valence-corrected chi connectivity index (χ3v) is 3.91. The van der Waals surface area contributed by atoms with Crippen molar-refractivity contribution in [2.45, 2.75) is 19.4 Å². The van der Waals surface area contributed by atoms with Gasteiger partial charge in [-0.15, -0.1) is 0 Å². The molecular weight excluding hydrogens is 390 g/mol. The Morgan fingerprint density at radius 1 is 1.15 bits per heavy atom. The van der Waals surface area contributed by atoms with Gasteiger partial charge in [-0.25, -0.2) is 0 Å². The Kier molecular flexibility index (Phi) is 8.52. The lowest BCUT2D eigenvalue weighted by atomic mass is 10.3. The van der Waals surface area contributed by atoms with Crippen molar-refractivity contribution in [2.75, 3.05) is 33.9 Å². The summed E-state index contributed by atoms with van der Waals surface area (Å²) < 4.78 is 17.9. The Bertz CT molecular complexity index is 416. The molecular formula is C14H21Br2NO3. The molecule has 0 amide bonds. The molecule has 0 aliphatic rings. The molecule has 0 saturated carbocycles. The molecule has 1 unspecified atom stereocenters. The van der Waals surface area contributed by atoms with Crippen LogP contribution in [0, 0.1) is 0 Å². The van der Waals surface area contributed by atoms with E-state index in [1.807, 2.05) is 19.1 Å². The average Bonchev–Trinajstić information content (AvgIpc) is 2.42. The number of rotatable bonds is 9. The smallest absolute Gasteiger partial charge is 0.135 e. The van der Waals surface area contributed by atoms with E-state index in [1.54, 1.807) is 14.2 Å². The summed E-state index contributed by atoms with van der Waals surface area (Å²) in [5.41, 5.74) is 0. The van der Waals surface area contributed by atoms with E-state index in [0.717, 1.165) is 46.6 Å². The van der Waals surface area contributed by atoms with Crippen LogP contribution in [0.5, 0.6) is 11.5 Å². The highest BCUT2D eigenvalue weighted by molar-refractivity contribution is 9.11. The molecule has 1 aromatic carbocycles. The van der Waals surface area contributed by atoms with Crippen LogP contribution in [0.1, 0.15) is 13.3 Å². The normalized spacial score (nSPS) is 12.2. The van der Waals surface area contributed by atoms with Gasteiger partial charge in [0.25, 0.3) is 0 Å². The minimum absolute atomic E-state index is 0.0779. The average molecular weight is 411 g/mol. The molecule has 0 bridgehead atoms. The molecule has 0 aromatic heterocycles. The molecule has 20 heavy (non-hydrogen) atoms. The van der Waals surface area contributed by atoms with Crippen LogP contribution in [0.3, 0.4) is 0 Å². The molecule has 6 heteroatoms. The fraction of sp³-hybridized carbons (Fsp3) is 0.571. The van der Waals surface area contributed by atoms with Crippen LogP contribution < -0.4 is 14.8 Å². The lowest BCUT2D eigenvalue weighted by molar-refractivity contribution is 0.188. The molecule has 114 valence electrons. The lowest BCUT2D eigenvalue weighted by Gasteiger charge is -2.17. The summed E-state index contributed by atoms with van der Waals surface area (Å²) in [6.07, 6.45) is 1.08. The van der Waals surface area contributed by atoms with Crippen molar-refractivity contribution < 1.29 is 14.2 Å². The van der Waals surface area contributed by atoms with Gasteiger partial charge in [0.1, 0.15) is 17.6 Å². The summed E-state index contributed by atoms with van der Waals surface area (Å²) in [7, 11) is 3.35. The second-order valence-electron chi connectivity index (χ2n) is 4.40. The molecule has 1 rings (SSSR count). The summed E-state index contributed by atoms with van der Waals surface area (Å²) >= 11 is 6.95. The topological polar surface area (TPSA) is 39.7 Å². The molecule has 1 aromatic rings. The molecule has 1 atom stereocenters. The Morgan fingerprint density at radius 3 is 2.45 bits per heavy atom. The zero-order chi connectivity index (χ0) is 15.0. The van der Waals surface area contributed by atoms with Crippen LogP contribution in [-0.4, -0.2) is 40.0 Å². The highest BCUT2D eigenvalue weighted by Gasteiger charge is 2.11. The van der Waals surface area contributed by atoms with Crippen molar-refractivity contribution in [3.63, 3.8) is 0 Å². The maximum absolute atomic E-state index is 5.91. The first-order valence-corrected chi connectivity index (χ1v) is 8.06. The molecule has 0 fully saturated rings. The second-order valence-corrected chi connectivity index (χ2v) is 6.10. The predicted octanol–water partition coefficient (Wildman–Crippen LogP) is 3.61. The van der Waals surface area contributed by atoms with Crippen LogP contribution in [0.4, 0.5) is 0 Å². The minimum Gasteiger partial charge on any atom is -0.496 e. The van der Waals surface area contributed by atoms with E-state index in [1.165, 1.54) is 0 Å². The molecule has 0 spiro atoms. The van der Waals surface area contributed by atoms with Gasteiger partial charge in [0, 0.05) is 20.3 Å².